The Kier molecular flexibility index (Phi) is 6.73. The number of ketones is 1. The summed E-state index contributed by atoms with van der Waals surface area (Å²) in [5.74, 6) is -1.95. The molecular formula is C18H17BrCl2N2O7. The van der Waals surface area contributed by atoms with Crippen LogP contribution in [0, 0.1) is 0 Å². The minimum Gasteiger partial charge on any atom is -0.455 e. The molecule has 3 rings (SSSR count). The Morgan fingerprint density at radius 3 is 2.23 bits per heavy atom. The molecule has 0 radical (unpaired) electrons. The molecule has 1 unspecified atom stereocenters. The number of hydrogen-bond acceptors (Lipinski definition) is 8. The van der Waals surface area contributed by atoms with Gasteiger partial charge in [0.25, 0.3) is 0 Å². The van der Waals surface area contributed by atoms with E-state index in [1.807, 2.05) is 0 Å². The number of Topliss-reactive ketones (excluding diaryl/α,β-unsaturated/α-hetero) is 1. The van der Waals surface area contributed by atoms with Crippen LogP contribution >= 0.6 is 39.1 Å². The van der Waals surface area contributed by atoms with Crippen molar-refractivity contribution in [2.45, 2.75) is 51.4 Å². The maximum Gasteiger partial charge on any atom is 0.303 e. The number of nitrogens with zero attached hydrogens (tertiary/aromatic N) is 2. The molecule has 2 aromatic rings. The van der Waals surface area contributed by atoms with Gasteiger partial charge < -0.3 is 19.3 Å². The molecule has 0 aliphatic carbocycles. The van der Waals surface area contributed by atoms with E-state index in [0.717, 1.165) is 13.8 Å². The first kappa shape index (κ1) is 23.0. The van der Waals surface area contributed by atoms with Crippen LogP contribution in [0.1, 0.15) is 27.0 Å². The van der Waals surface area contributed by atoms with Gasteiger partial charge in [-0.2, -0.15) is 0 Å². The van der Waals surface area contributed by atoms with Crippen molar-refractivity contribution in [3.05, 3.63) is 26.9 Å². The minimum atomic E-state index is -1.56. The molecule has 5 atom stereocenters. The molecule has 0 amide bonds. The van der Waals surface area contributed by atoms with Crippen molar-refractivity contribution < 1.29 is 33.7 Å². The van der Waals surface area contributed by atoms with Crippen LogP contribution in [0.25, 0.3) is 11.0 Å². The number of rotatable bonds is 4. The Morgan fingerprint density at radius 2 is 1.67 bits per heavy atom. The summed E-state index contributed by atoms with van der Waals surface area (Å²) in [6.45, 7) is 3.51. The number of ether oxygens (including phenoxy) is 3. The average Bonchev–Trinajstić information content (AvgIpc) is 2.92. The van der Waals surface area contributed by atoms with E-state index in [9.17, 15) is 19.5 Å². The maximum absolute atomic E-state index is 12.1. The molecule has 1 aromatic carbocycles. The molecule has 162 valence electrons. The van der Waals surface area contributed by atoms with Crippen molar-refractivity contribution in [3.8, 4) is 0 Å². The Balaban J connectivity index is 2.20. The number of benzene rings is 1. The van der Waals surface area contributed by atoms with E-state index in [1.165, 1.54) is 23.6 Å². The van der Waals surface area contributed by atoms with Crippen LogP contribution in [0.2, 0.25) is 10.0 Å². The summed E-state index contributed by atoms with van der Waals surface area (Å²) in [6, 6.07) is 3.06. The SMILES string of the molecule is CC(=O)O[C@@H]1[C@H](OC(C)=O)[C@H](O)C(C(C)=O)O[C@H]1n1c(Br)nc2cc(Cl)c(Cl)cc21. The molecular weight excluding hydrogens is 507 g/mol. The molecule has 1 aliphatic rings. The van der Waals surface area contributed by atoms with Crippen LogP contribution in [0.3, 0.4) is 0 Å². The first-order valence-corrected chi connectivity index (χ1v) is 10.3. The van der Waals surface area contributed by atoms with Crippen LogP contribution in [-0.4, -0.2) is 56.8 Å². The zero-order chi connectivity index (χ0) is 22.3. The van der Waals surface area contributed by atoms with Crippen LogP contribution in [0.5, 0.6) is 0 Å². The summed E-state index contributed by atoms with van der Waals surface area (Å²) in [7, 11) is 0. The topological polar surface area (TPSA) is 117 Å². The van der Waals surface area contributed by atoms with Crippen LogP contribution < -0.4 is 0 Å². The average molecular weight is 524 g/mol. The molecule has 1 saturated heterocycles. The Labute approximate surface area is 189 Å². The molecule has 1 N–H and O–H groups in total. The van der Waals surface area contributed by atoms with E-state index in [0.29, 0.717) is 11.0 Å². The van der Waals surface area contributed by atoms with Crippen molar-refractivity contribution >= 4 is 67.9 Å². The molecule has 2 heterocycles. The number of carbonyl (C=O) groups is 3. The predicted octanol–water partition coefficient (Wildman–Crippen LogP) is 2.82. The zero-order valence-corrected chi connectivity index (χ0v) is 19.1. The van der Waals surface area contributed by atoms with Crippen molar-refractivity contribution in [3.63, 3.8) is 0 Å². The van der Waals surface area contributed by atoms with Gasteiger partial charge in [-0.3, -0.25) is 19.0 Å². The molecule has 12 heteroatoms. The van der Waals surface area contributed by atoms with Crippen molar-refractivity contribution in [1.29, 1.82) is 0 Å². The first-order chi connectivity index (χ1) is 14.0. The van der Waals surface area contributed by atoms with Crippen LogP contribution in [0.15, 0.2) is 16.9 Å². The smallest absolute Gasteiger partial charge is 0.303 e. The summed E-state index contributed by atoms with van der Waals surface area (Å²) in [6.07, 6.45) is -6.75. The highest BCUT2D eigenvalue weighted by Crippen LogP contribution is 2.38. The monoisotopic (exact) mass is 522 g/mol. The lowest BCUT2D eigenvalue weighted by atomic mass is 9.95. The van der Waals surface area contributed by atoms with Gasteiger partial charge in [-0.15, -0.1) is 0 Å². The number of aliphatic hydroxyl groups is 1. The Morgan fingerprint density at radius 1 is 1.10 bits per heavy atom. The number of hydrogen-bond donors (Lipinski definition) is 1. The van der Waals surface area contributed by atoms with Gasteiger partial charge in [0, 0.05) is 13.8 Å². The van der Waals surface area contributed by atoms with E-state index in [1.54, 1.807) is 0 Å². The van der Waals surface area contributed by atoms with Gasteiger partial charge in [0.2, 0.25) is 0 Å². The van der Waals surface area contributed by atoms with E-state index in [2.05, 4.69) is 20.9 Å². The maximum atomic E-state index is 12.1. The Bertz CT molecular complexity index is 1030. The van der Waals surface area contributed by atoms with Crippen molar-refractivity contribution in [1.82, 2.24) is 9.55 Å². The number of imidazole rings is 1. The fraction of sp³-hybridized carbons (Fsp3) is 0.444. The summed E-state index contributed by atoms with van der Waals surface area (Å²) in [5.41, 5.74) is 0.884. The molecule has 1 aromatic heterocycles. The fourth-order valence-electron chi connectivity index (χ4n) is 3.33. The molecule has 0 spiro atoms. The lowest BCUT2D eigenvalue weighted by Gasteiger charge is -2.43. The molecule has 9 nitrogen and oxygen atoms in total. The molecule has 30 heavy (non-hydrogen) atoms. The van der Waals surface area contributed by atoms with Gasteiger partial charge in [0.15, 0.2) is 29.0 Å². The number of halogens is 3. The highest BCUT2D eigenvalue weighted by molar-refractivity contribution is 9.10. The van der Waals surface area contributed by atoms with Crippen molar-refractivity contribution in [2.75, 3.05) is 0 Å². The standard InChI is InChI=1S/C18H17BrCl2N2O7/c1-6(24)14-13(27)15(28-7(2)25)16(29-8(3)26)17(30-14)23-12-5-10(21)9(20)4-11(12)22-18(23)19/h4-5,13-17,27H,1-3H3/t13-,14?,15-,16-,17-/m1/s1. The zero-order valence-electron chi connectivity index (χ0n) is 16.0. The predicted molar refractivity (Wildman–Crippen MR) is 109 cm³/mol. The second-order valence-corrected chi connectivity index (χ2v) is 8.23. The molecule has 0 bridgehead atoms. The third-order valence-corrected chi connectivity index (χ3v) is 5.77. The number of fused-ring (bicyclic) bond motifs is 1. The van der Waals surface area contributed by atoms with Gasteiger partial charge >= 0.3 is 11.9 Å². The summed E-state index contributed by atoms with van der Waals surface area (Å²) < 4.78 is 18.1. The van der Waals surface area contributed by atoms with E-state index in [-0.39, 0.29) is 14.8 Å². The summed E-state index contributed by atoms with van der Waals surface area (Å²) in [5, 5.41) is 11.1. The van der Waals surface area contributed by atoms with Crippen molar-refractivity contribution in [2.24, 2.45) is 0 Å². The van der Waals surface area contributed by atoms with E-state index in [4.69, 9.17) is 37.4 Å². The third-order valence-electron chi connectivity index (χ3n) is 4.49. The lowest BCUT2D eigenvalue weighted by molar-refractivity contribution is -0.253. The van der Waals surface area contributed by atoms with Crippen LogP contribution in [-0.2, 0) is 28.6 Å². The van der Waals surface area contributed by atoms with E-state index < -0.39 is 48.4 Å². The van der Waals surface area contributed by atoms with Gasteiger partial charge in [-0.05, 0) is 35.0 Å². The lowest BCUT2D eigenvalue weighted by Crippen LogP contribution is -2.59. The van der Waals surface area contributed by atoms with Gasteiger partial charge in [0.1, 0.15) is 12.2 Å². The fourth-order valence-corrected chi connectivity index (χ4v) is 4.23. The highest BCUT2D eigenvalue weighted by atomic mass is 79.9. The summed E-state index contributed by atoms with van der Waals surface area (Å²) in [4.78, 5) is 39.9. The summed E-state index contributed by atoms with van der Waals surface area (Å²) >= 11 is 15.5. The normalized spacial score (nSPS) is 26.4. The van der Waals surface area contributed by atoms with Gasteiger partial charge in [0.05, 0.1) is 21.1 Å². The number of esters is 2. The number of aliphatic hydroxyl groups excluding tert-OH is 1. The van der Waals surface area contributed by atoms with Gasteiger partial charge in [-0.25, -0.2) is 4.98 Å². The second-order valence-electron chi connectivity index (χ2n) is 6.70. The molecule has 1 aliphatic heterocycles. The third kappa shape index (κ3) is 4.33. The highest BCUT2D eigenvalue weighted by Gasteiger charge is 2.52. The molecule has 1 fully saturated rings. The first-order valence-electron chi connectivity index (χ1n) is 8.72. The number of carbonyl (C=O) groups excluding carboxylic acids is 3. The Hall–Kier alpha value is -1.72. The minimum absolute atomic E-state index is 0.234. The quantitative estimate of drug-likeness (QED) is 0.608. The largest absolute Gasteiger partial charge is 0.455 e. The van der Waals surface area contributed by atoms with Crippen LogP contribution in [0.4, 0.5) is 0 Å². The van der Waals surface area contributed by atoms with Gasteiger partial charge in [-0.1, -0.05) is 23.2 Å². The molecule has 0 saturated carbocycles. The number of aromatic nitrogens is 2. The second kappa shape index (κ2) is 8.80. The van der Waals surface area contributed by atoms with E-state index >= 15 is 0 Å².